The van der Waals surface area contributed by atoms with Crippen molar-refractivity contribution in [1.29, 1.82) is 0 Å². The molecule has 0 radical (unpaired) electrons. The second-order valence-corrected chi connectivity index (χ2v) is 6.51. The molecule has 8 nitrogen and oxygen atoms in total. The van der Waals surface area contributed by atoms with Crippen LogP contribution in [0.3, 0.4) is 0 Å². The van der Waals surface area contributed by atoms with Gasteiger partial charge in [0.2, 0.25) is 0 Å². The lowest BCUT2D eigenvalue weighted by Crippen LogP contribution is -2.51. The Morgan fingerprint density at radius 1 is 1.04 bits per heavy atom. The number of piperazine rings is 1. The summed E-state index contributed by atoms with van der Waals surface area (Å²) in [5, 5.41) is 16.4. The first kappa shape index (κ1) is 17.8. The van der Waals surface area contributed by atoms with E-state index in [0.29, 0.717) is 37.6 Å². The number of carbonyl (C=O) groups is 2. The molecule has 8 heteroatoms. The van der Waals surface area contributed by atoms with E-state index in [1.807, 2.05) is 13.8 Å². The van der Waals surface area contributed by atoms with Crippen molar-refractivity contribution in [3.63, 3.8) is 0 Å². The van der Waals surface area contributed by atoms with E-state index in [1.54, 1.807) is 38.9 Å². The molecule has 1 aromatic heterocycles. The van der Waals surface area contributed by atoms with Crippen LogP contribution in [0.4, 0.5) is 10.6 Å². The summed E-state index contributed by atoms with van der Waals surface area (Å²) < 4.78 is 1.75. The van der Waals surface area contributed by atoms with E-state index in [2.05, 4.69) is 10.4 Å². The zero-order valence-electron chi connectivity index (χ0n) is 14.9. The minimum atomic E-state index is -0.191. The molecule has 1 saturated heterocycles. The van der Waals surface area contributed by atoms with Gasteiger partial charge in [-0.2, -0.15) is 5.10 Å². The molecule has 2 heterocycles. The molecular formula is C18H23N5O3. The number of benzene rings is 1. The topological polar surface area (TPSA) is 90.7 Å². The van der Waals surface area contributed by atoms with Gasteiger partial charge in [0.05, 0.1) is 6.20 Å². The van der Waals surface area contributed by atoms with Crippen LogP contribution in [0.25, 0.3) is 0 Å². The quantitative estimate of drug-likeness (QED) is 0.881. The molecule has 0 bridgehead atoms. The fraction of sp³-hybridized carbons (Fsp3) is 0.389. The molecule has 0 spiro atoms. The average Bonchev–Trinajstić information content (AvgIpc) is 3.10. The Morgan fingerprint density at radius 2 is 1.65 bits per heavy atom. The zero-order valence-corrected chi connectivity index (χ0v) is 14.9. The number of urea groups is 1. The van der Waals surface area contributed by atoms with Crippen LogP contribution in [0.2, 0.25) is 0 Å². The van der Waals surface area contributed by atoms with Gasteiger partial charge in [0, 0.05) is 43.9 Å². The molecule has 138 valence electrons. The minimum Gasteiger partial charge on any atom is -0.508 e. The monoisotopic (exact) mass is 357 g/mol. The Kier molecular flexibility index (Phi) is 5.11. The first-order chi connectivity index (χ1) is 12.5. The molecule has 0 aliphatic carbocycles. The number of amides is 3. The van der Waals surface area contributed by atoms with E-state index in [1.165, 1.54) is 12.1 Å². The second kappa shape index (κ2) is 7.47. The van der Waals surface area contributed by atoms with Crippen molar-refractivity contribution in [2.75, 3.05) is 31.5 Å². The van der Waals surface area contributed by atoms with Crippen molar-refractivity contribution in [2.24, 2.45) is 0 Å². The Labute approximate surface area is 152 Å². The van der Waals surface area contributed by atoms with Gasteiger partial charge in [-0.05, 0) is 38.1 Å². The fourth-order valence-corrected chi connectivity index (χ4v) is 2.91. The summed E-state index contributed by atoms with van der Waals surface area (Å²) >= 11 is 0. The number of hydrogen-bond acceptors (Lipinski definition) is 4. The molecule has 0 unspecified atom stereocenters. The highest BCUT2D eigenvalue weighted by molar-refractivity contribution is 5.94. The van der Waals surface area contributed by atoms with Crippen LogP contribution in [-0.4, -0.2) is 62.8 Å². The maximum atomic E-state index is 12.5. The highest BCUT2D eigenvalue weighted by Crippen LogP contribution is 2.16. The van der Waals surface area contributed by atoms with Gasteiger partial charge in [0.1, 0.15) is 11.6 Å². The molecular weight excluding hydrogens is 334 g/mol. The summed E-state index contributed by atoms with van der Waals surface area (Å²) in [6, 6.07) is 7.92. The third-order valence-electron chi connectivity index (χ3n) is 4.36. The van der Waals surface area contributed by atoms with Gasteiger partial charge >= 0.3 is 6.03 Å². The number of phenols is 1. The first-order valence-electron chi connectivity index (χ1n) is 8.63. The molecule has 0 saturated carbocycles. The van der Waals surface area contributed by atoms with Crippen molar-refractivity contribution < 1.29 is 14.7 Å². The summed E-state index contributed by atoms with van der Waals surface area (Å²) in [7, 11) is 0. The van der Waals surface area contributed by atoms with Crippen molar-refractivity contribution in [2.45, 2.75) is 19.9 Å². The lowest BCUT2D eigenvalue weighted by atomic mass is 10.1. The molecule has 2 aromatic rings. The van der Waals surface area contributed by atoms with Gasteiger partial charge in [0.25, 0.3) is 5.91 Å². The lowest BCUT2D eigenvalue weighted by molar-refractivity contribution is 0.0671. The molecule has 1 aliphatic heterocycles. The average molecular weight is 357 g/mol. The Morgan fingerprint density at radius 3 is 2.27 bits per heavy atom. The SMILES string of the molecule is CC(C)n1nccc1NC(=O)N1CCN(C(=O)c2ccc(O)cc2)CC1. The third kappa shape index (κ3) is 3.79. The van der Waals surface area contributed by atoms with Crippen LogP contribution in [-0.2, 0) is 0 Å². The van der Waals surface area contributed by atoms with E-state index in [-0.39, 0.29) is 23.7 Å². The Bertz CT molecular complexity index is 776. The van der Waals surface area contributed by atoms with Crippen molar-refractivity contribution >= 4 is 17.8 Å². The summed E-state index contributed by atoms with van der Waals surface area (Å²) in [4.78, 5) is 28.4. The maximum absolute atomic E-state index is 12.5. The number of aromatic hydroxyl groups is 1. The van der Waals surface area contributed by atoms with E-state index < -0.39 is 0 Å². The number of aromatic nitrogens is 2. The predicted molar refractivity (Wildman–Crippen MR) is 97.2 cm³/mol. The van der Waals surface area contributed by atoms with Crippen LogP contribution < -0.4 is 5.32 Å². The van der Waals surface area contributed by atoms with Crippen molar-refractivity contribution in [3.8, 4) is 5.75 Å². The lowest BCUT2D eigenvalue weighted by Gasteiger charge is -2.34. The third-order valence-corrected chi connectivity index (χ3v) is 4.36. The number of carbonyl (C=O) groups excluding carboxylic acids is 2. The van der Waals surface area contributed by atoms with Gasteiger partial charge in [-0.3, -0.25) is 10.1 Å². The van der Waals surface area contributed by atoms with E-state index in [9.17, 15) is 14.7 Å². The minimum absolute atomic E-state index is 0.0945. The first-order valence-corrected chi connectivity index (χ1v) is 8.63. The Hall–Kier alpha value is -3.03. The van der Waals surface area contributed by atoms with Crippen LogP contribution in [0, 0.1) is 0 Å². The smallest absolute Gasteiger partial charge is 0.323 e. The van der Waals surface area contributed by atoms with Gasteiger partial charge < -0.3 is 14.9 Å². The van der Waals surface area contributed by atoms with Crippen LogP contribution in [0.15, 0.2) is 36.5 Å². The van der Waals surface area contributed by atoms with E-state index in [0.717, 1.165) is 0 Å². The molecule has 26 heavy (non-hydrogen) atoms. The number of anilines is 1. The standard InChI is InChI=1S/C18H23N5O3/c1-13(2)23-16(7-8-19-23)20-18(26)22-11-9-21(10-12-22)17(25)14-3-5-15(24)6-4-14/h3-8,13,24H,9-12H2,1-2H3,(H,20,26). The number of rotatable bonds is 3. The molecule has 1 aliphatic rings. The number of phenolic OH excluding ortho intramolecular Hbond substituents is 1. The largest absolute Gasteiger partial charge is 0.508 e. The molecule has 1 aromatic carbocycles. The summed E-state index contributed by atoms with van der Waals surface area (Å²) in [6.07, 6.45) is 1.66. The highest BCUT2D eigenvalue weighted by Gasteiger charge is 2.25. The molecule has 3 rings (SSSR count). The Balaban J connectivity index is 1.56. The van der Waals surface area contributed by atoms with Crippen molar-refractivity contribution in [3.05, 3.63) is 42.1 Å². The fourth-order valence-electron chi connectivity index (χ4n) is 2.91. The van der Waals surface area contributed by atoms with Crippen LogP contribution in [0.1, 0.15) is 30.2 Å². The van der Waals surface area contributed by atoms with Crippen LogP contribution >= 0.6 is 0 Å². The summed E-state index contributed by atoms with van der Waals surface area (Å²) in [5.74, 6) is 0.694. The van der Waals surface area contributed by atoms with Gasteiger partial charge in [-0.15, -0.1) is 0 Å². The van der Waals surface area contributed by atoms with Gasteiger partial charge in [-0.1, -0.05) is 0 Å². The normalized spacial score (nSPS) is 14.6. The number of nitrogens with one attached hydrogen (secondary N) is 1. The molecule has 0 atom stereocenters. The van der Waals surface area contributed by atoms with Gasteiger partial charge in [0.15, 0.2) is 0 Å². The predicted octanol–water partition coefficient (Wildman–Crippen LogP) is 2.16. The second-order valence-electron chi connectivity index (χ2n) is 6.51. The molecule has 2 N–H and O–H groups in total. The zero-order chi connectivity index (χ0) is 18.7. The number of hydrogen-bond donors (Lipinski definition) is 2. The van der Waals surface area contributed by atoms with Crippen molar-refractivity contribution in [1.82, 2.24) is 19.6 Å². The van der Waals surface area contributed by atoms with E-state index in [4.69, 9.17) is 0 Å². The summed E-state index contributed by atoms with van der Waals surface area (Å²) in [6.45, 7) is 5.86. The maximum Gasteiger partial charge on any atom is 0.323 e. The van der Waals surface area contributed by atoms with E-state index >= 15 is 0 Å². The molecule has 3 amide bonds. The highest BCUT2D eigenvalue weighted by atomic mass is 16.3. The van der Waals surface area contributed by atoms with Gasteiger partial charge in [-0.25, -0.2) is 9.48 Å². The molecule has 1 fully saturated rings. The number of nitrogens with zero attached hydrogens (tertiary/aromatic N) is 4. The summed E-state index contributed by atoms with van der Waals surface area (Å²) in [5.41, 5.74) is 0.529. The van der Waals surface area contributed by atoms with Crippen LogP contribution in [0.5, 0.6) is 5.75 Å².